The lowest BCUT2D eigenvalue weighted by Gasteiger charge is -2.20. The number of anilines is 1. The van der Waals surface area contributed by atoms with E-state index >= 15 is 0 Å². The largest absolute Gasteiger partial charge is 0.486 e. The average molecular weight is 389 g/mol. The van der Waals surface area contributed by atoms with Crippen molar-refractivity contribution in [2.75, 3.05) is 18.5 Å². The van der Waals surface area contributed by atoms with Gasteiger partial charge in [0.15, 0.2) is 11.5 Å². The zero-order valence-electron chi connectivity index (χ0n) is 11.0. The smallest absolute Gasteiger partial charge is 0.163 e. The van der Waals surface area contributed by atoms with E-state index in [1.54, 1.807) is 0 Å². The van der Waals surface area contributed by atoms with Gasteiger partial charge in [0, 0.05) is 38.8 Å². The summed E-state index contributed by atoms with van der Waals surface area (Å²) < 4.78 is 12.0. The van der Waals surface area contributed by atoms with Gasteiger partial charge in [0.25, 0.3) is 0 Å². The minimum atomic E-state index is 0.525. The molecule has 0 spiro atoms. The van der Waals surface area contributed by atoms with Crippen LogP contribution < -0.4 is 14.8 Å². The van der Waals surface area contributed by atoms with E-state index < -0.39 is 0 Å². The Morgan fingerprint density at radius 1 is 1.05 bits per heavy atom. The van der Waals surface area contributed by atoms with Crippen molar-refractivity contribution < 1.29 is 9.47 Å². The lowest BCUT2D eigenvalue weighted by molar-refractivity contribution is 0.171. The monoisotopic (exact) mass is 387 g/mol. The Bertz CT molecular complexity index is 659. The van der Waals surface area contributed by atoms with E-state index in [0.717, 1.165) is 27.2 Å². The van der Waals surface area contributed by atoms with E-state index in [0.29, 0.717) is 29.8 Å². The molecule has 2 aromatic carbocycles. The first-order chi connectivity index (χ1) is 10.1. The number of halogens is 3. The van der Waals surface area contributed by atoms with Gasteiger partial charge in [-0.1, -0.05) is 29.3 Å². The lowest BCUT2D eigenvalue weighted by atomic mass is 10.2. The van der Waals surface area contributed by atoms with Crippen LogP contribution in [0.1, 0.15) is 5.56 Å². The lowest BCUT2D eigenvalue weighted by Crippen LogP contribution is -2.15. The van der Waals surface area contributed by atoms with Crippen molar-refractivity contribution in [2.24, 2.45) is 0 Å². The molecule has 0 bridgehead atoms. The van der Waals surface area contributed by atoms with Gasteiger partial charge in [0.2, 0.25) is 0 Å². The highest BCUT2D eigenvalue weighted by molar-refractivity contribution is 9.10. The van der Waals surface area contributed by atoms with E-state index in [9.17, 15) is 0 Å². The number of rotatable bonds is 3. The summed E-state index contributed by atoms with van der Waals surface area (Å²) in [5, 5.41) is 4.59. The quantitative estimate of drug-likeness (QED) is 0.789. The van der Waals surface area contributed by atoms with Crippen molar-refractivity contribution in [3.05, 3.63) is 50.4 Å². The summed E-state index contributed by atoms with van der Waals surface area (Å²) >= 11 is 15.9. The van der Waals surface area contributed by atoms with Crippen LogP contribution in [0.25, 0.3) is 0 Å². The molecule has 0 amide bonds. The second-order valence-electron chi connectivity index (χ2n) is 4.53. The molecule has 3 nitrogen and oxygen atoms in total. The third kappa shape index (κ3) is 3.23. The Morgan fingerprint density at radius 2 is 1.67 bits per heavy atom. The number of hydrogen-bond donors (Lipinski definition) is 1. The summed E-state index contributed by atoms with van der Waals surface area (Å²) in [5.41, 5.74) is 1.76. The number of fused-ring (bicyclic) bond motifs is 1. The molecule has 0 atom stereocenters. The molecule has 1 aliphatic heterocycles. The molecule has 0 aromatic heterocycles. The zero-order chi connectivity index (χ0) is 14.8. The highest BCUT2D eigenvalue weighted by atomic mass is 79.9. The first-order valence-corrected chi connectivity index (χ1v) is 7.96. The van der Waals surface area contributed by atoms with Crippen molar-refractivity contribution in [1.29, 1.82) is 0 Å². The summed E-state index contributed by atoms with van der Waals surface area (Å²) in [4.78, 5) is 0. The maximum atomic E-state index is 6.17. The molecule has 0 unspecified atom stereocenters. The van der Waals surface area contributed by atoms with Gasteiger partial charge in [-0.15, -0.1) is 0 Å². The normalized spacial score (nSPS) is 13.1. The van der Waals surface area contributed by atoms with Crippen molar-refractivity contribution in [1.82, 2.24) is 0 Å². The first-order valence-electron chi connectivity index (χ1n) is 6.41. The van der Waals surface area contributed by atoms with Gasteiger partial charge in [-0.05, 0) is 28.1 Å². The molecule has 1 aliphatic rings. The van der Waals surface area contributed by atoms with Gasteiger partial charge in [-0.3, -0.25) is 0 Å². The molecule has 3 rings (SSSR count). The van der Waals surface area contributed by atoms with E-state index in [2.05, 4.69) is 21.2 Å². The molecule has 0 aliphatic carbocycles. The van der Waals surface area contributed by atoms with Crippen molar-refractivity contribution >= 4 is 44.8 Å². The minimum Gasteiger partial charge on any atom is -0.486 e. The SMILES string of the molecule is Clc1cccc(Cl)c1CNc1cc2c(cc1Br)OCCO2. The van der Waals surface area contributed by atoms with Crippen LogP contribution in [0.3, 0.4) is 0 Å². The second kappa shape index (κ2) is 6.34. The van der Waals surface area contributed by atoms with Crippen LogP contribution in [0.5, 0.6) is 11.5 Å². The Kier molecular flexibility index (Phi) is 4.48. The van der Waals surface area contributed by atoms with Gasteiger partial charge in [-0.25, -0.2) is 0 Å². The van der Waals surface area contributed by atoms with Crippen molar-refractivity contribution in [2.45, 2.75) is 6.54 Å². The molecule has 2 aromatic rings. The van der Waals surface area contributed by atoms with Gasteiger partial charge in [-0.2, -0.15) is 0 Å². The molecule has 1 N–H and O–H groups in total. The molecule has 0 radical (unpaired) electrons. The fourth-order valence-corrected chi connectivity index (χ4v) is 3.08. The van der Waals surface area contributed by atoms with Gasteiger partial charge in [0.05, 0.1) is 5.69 Å². The van der Waals surface area contributed by atoms with Crippen LogP contribution in [-0.2, 0) is 6.54 Å². The van der Waals surface area contributed by atoms with Gasteiger partial charge < -0.3 is 14.8 Å². The number of hydrogen-bond acceptors (Lipinski definition) is 3. The van der Waals surface area contributed by atoms with Gasteiger partial charge >= 0.3 is 0 Å². The summed E-state index contributed by atoms with van der Waals surface area (Å²) in [6, 6.07) is 9.27. The molecule has 0 saturated heterocycles. The zero-order valence-corrected chi connectivity index (χ0v) is 14.1. The molecule has 21 heavy (non-hydrogen) atoms. The molecule has 6 heteroatoms. The first kappa shape index (κ1) is 14.8. The Labute approximate surface area is 141 Å². The fourth-order valence-electron chi connectivity index (χ4n) is 2.08. The number of nitrogens with one attached hydrogen (secondary N) is 1. The maximum absolute atomic E-state index is 6.17. The van der Waals surface area contributed by atoms with Crippen molar-refractivity contribution in [3.8, 4) is 11.5 Å². The van der Waals surface area contributed by atoms with E-state index in [-0.39, 0.29) is 0 Å². The van der Waals surface area contributed by atoms with Crippen LogP contribution in [0.4, 0.5) is 5.69 Å². The van der Waals surface area contributed by atoms with Gasteiger partial charge in [0.1, 0.15) is 13.2 Å². The molecular weight excluding hydrogens is 377 g/mol. The molecule has 110 valence electrons. The number of ether oxygens (including phenoxy) is 2. The summed E-state index contributed by atoms with van der Waals surface area (Å²) in [6.07, 6.45) is 0. The van der Waals surface area contributed by atoms with E-state index in [4.69, 9.17) is 32.7 Å². The molecule has 0 fully saturated rings. The predicted molar refractivity (Wildman–Crippen MR) is 88.9 cm³/mol. The topological polar surface area (TPSA) is 30.5 Å². The molecule has 0 saturated carbocycles. The van der Waals surface area contributed by atoms with Crippen LogP contribution in [-0.4, -0.2) is 13.2 Å². The summed E-state index contributed by atoms with van der Waals surface area (Å²) in [6.45, 7) is 1.66. The van der Waals surface area contributed by atoms with E-state index in [1.165, 1.54) is 0 Å². The van der Waals surface area contributed by atoms with E-state index in [1.807, 2.05) is 30.3 Å². The standard InChI is InChI=1S/C15H12BrCl2NO2/c16-10-6-14-15(21-5-4-20-14)7-13(10)19-8-9-11(17)2-1-3-12(9)18/h1-3,6-7,19H,4-5,8H2. The maximum Gasteiger partial charge on any atom is 0.163 e. The fraction of sp³-hybridized carbons (Fsp3) is 0.200. The Balaban J connectivity index is 1.82. The van der Waals surface area contributed by atoms with Crippen LogP contribution >= 0.6 is 39.1 Å². The third-order valence-electron chi connectivity index (χ3n) is 3.15. The summed E-state index contributed by atoms with van der Waals surface area (Å²) in [7, 11) is 0. The Morgan fingerprint density at radius 3 is 2.33 bits per heavy atom. The summed E-state index contributed by atoms with van der Waals surface area (Å²) in [5.74, 6) is 1.48. The number of benzene rings is 2. The predicted octanol–water partition coefficient (Wildman–Crippen LogP) is 5.14. The third-order valence-corrected chi connectivity index (χ3v) is 4.51. The molecule has 1 heterocycles. The van der Waals surface area contributed by atoms with Crippen LogP contribution in [0, 0.1) is 0 Å². The molecular formula is C15H12BrCl2NO2. The van der Waals surface area contributed by atoms with Crippen LogP contribution in [0.2, 0.25) is 10.0 Å². The highest BCUT2D eigenvalue weighted by Crippen LogP contribution is 2.38. The highest BCUT2D eigenvalue weighted by Gasteiger charge is 2.15. The Hall–Kier alpha value is -1.10. The minimum absolute atomic E-state index is 0.525. The van der Waals surface area contributed by atoms with Crippen LogP contribution in [0.15, 0.2) is 34.8 Å². The second-order valence-corrected chi connectivity index (χ2v) is 6.20. The average Bonchev–Trinajstić information content (AvgIpc) is 2.47. The van der Waals surface area contributed by atoms with Crippen molar-refractivity contribution in [3.63, 3.8) is 0 Å².